The molecule has 9 heteroatoms. The number of ether oxygens (including phenoxy) is 2. The maximum Gasteiger partial charge on any atom is 0.369 e. The molecule has 0 saturated heterocycles. The molecule has 3 rings (SSSR count). The lowest BCUT2D eigenvalue weighted by molar-refractivity contribution is -0.143. The predicted octanol–water partition coefficient (Wildman–Crippen LogP) is 4.16. The molecule has 0 radical (unpaired) electrons. The van der Waals surface area contributed by atoms with E-state index in [0.717, 1.165) is 16.8 Å². The van der Waals surface area contributed by atoms with Gasteiger partial charge in [-0.25, -0.2) is 15.3 Å². The first-order valence-electron chi connectivity index (χ1n) is 9.08. The summed E-state index contributed by atoms with van der Waals surface area (Å²) in [5, 5.41) is 6.81. The number of hydrazone groups is 1. The van der Waals surface area contributed by atoms with Crippen molar-refractivity contribution in [3.63, 3.8) is 0 Å². The fourth-order valence-corrected chi connectivity index (χ4v) is 2.99. The monoisotopic (exact) mass is 426 g/mol. The van der Waals surface area contributed by atoms with Gasteiger partial charge in [-0.1, -0.05) is 17.7 Å². The maximum absolute atomic E-state index is 11.9. The van der Waals surface area contributed by atoms with Gasteiger partial charge in [0.05, 0.1) is 24.7 Å². The molecule has 8 nitrogen and oxygen atoms in total. The van der Waals surface area contributed by atoms with Crippen LogP contribution in [-0.2, 0) is 9.63 Å². The van der Waals surface area contributed by atoms with Crippen molar-refractivity contribution >= 4 is 34.3 Å². The minimum Gasteiger partial charge on any atom is -0.493 e. The molecule has 0 atom stereocenters. The molecule has 0 aliphatic rings. The average molecular weight is 426 g/mol. The smallest absolute Gasteiger partial charge is 0.369 e. The molecule has 3 aromatic rings. The predicted molar refractivity (Wildman–Crippen MR) is 117 cm³/mol. The Bertz CT molecular complexity index is 1020. The van der Waals surface area contributed by atoms with Gasteiger partial charge in [-0.15, -0.1) is 11.3 Å². The number of anilines is 2. The van der Waals surface area contributed by atoms with Crippen LogP contribution in [0.3, 0.4) is 0 Å². The molecule has 0 aliphatic carbocycles. The van der Waals surface area contributed by atoms with Gasteiger partial charge in [-0.2, -0.15) is 5.10 Å². The van der Waals surface area contributed by atoms with E-state index in [1.165, 1.54) is 18.4 Å². The Labute approximate surface area is 178 Å². The summed E-state index contributed by atoms with van der Waals surface area (Å²) in [7, 11) is 1.52. The van der Waals surface area contributed by atoms with Crippen LogP contribution in [0.15, 0.2) is 52.9 Å². The highest BCUT2D eigenvalue weighted by molar-refractivity contribution is 7.13. The maximum atomic E-state index is 11.9. The summed E-state index contributed by atoms with van der Waals surface area (Å²) in [6.45, 7) is 3.63. The van der Waals surface area contributed by atoms with Gasteiger partial charge in [0.25, 0.3) is 0 Å². The molecule has 0 fully saturated rings. The lowest BCUT2D eigenvalue weighted by atomic mass is 10.2. The van der Waals surface area contributed by atoms with Crippen LogP contribution in [0.2, 0.25) is 0 Å². The quantitative estimate of drug-likeness (QED) is 0.392. The number of hydrogen-bond acceptors (Lipinski definition) is 9. The Balaban J connectivity index is 1.51. The standard InChI is InChI=1S/C21H22N4O4S/c1-14-4-7-17(8-5-14)25-29-20(26)12-28-18-9-6-16(10-19(18)27-3)11-22-24-21-23-15(2)13-30-21/h4-11,13,25H,12H2,1-3H3,(H,23,24). The summed E-state index contributed by atoms with van der Waals surface area (Å²) in [4.78, 5) is 21.2. The van der Waals surface area contributed by atoms with Gasteiger partial charge in [0, 0.05) is 5.38 Å². The van der Waals surface area contributed by atoms with Gasteiger partial charge >= 0.3 is 5.97 Å². The van der Waals surface area contributed by atoms with Crippen LogP contribution in [-0.4, -0.2) is 30.9 Å². The fraction of sp³-hybridized carbons (Fsp3) is 0.190. The molecular weight excluding hydrogens is 404 g/mol. The lowest BCUT2D eigenvalue weighted by Gasteiger charge is -2.11. The van der Waals surface area contributed by atoms with Crippen LogP contribution in [0, 0.1) is 13.8 Å². The highest BCUT2D eigenvalue weighted by atomic mass is 32.1. The van der Waals surface area contributed by atoms with Crippen molar-refractivity contribution in [2.45, 2.75) is 13.8 Å². The number of carbonyl (C=O) groups is 1. The average Bonchev–Trinajstić information content (AvgIpc) is 3.17. The van der Waals surface area contributed by atoms with Crippen molar-refractivity contribution in [1.82, 2.24) is 4.98 Å². The Morgan fingerprint density at radius 3 is 2.67 bits per heavy atom. The number of benzene rings is 2. The molecule has 0 aliphatic heterocycles. The minimum atomic E-state index is -0.564. The Hall–Kier alpha value is -3.59. The summed E-state index contributed by atoms with van der Waals surface area (Å²) >= 11 is 1.48. The van der Waals surface area contributed by atoms with Crippen molar-refractivity contribution in [2.75, 3.05) is 24.6 Å². The zero-order chi connectivity index (χ0) is 21.3. The van der Waals surface area contributed by atoms with E-state index in [1.807, 2.05) is 43.5 Å². The molecule has 1 aromatic heterocycles. The Kier molecular flexibility index (Phi) is 7.23. The number of nitrogens with one attached hydrogen (secondary N) is 2. The number of aromatic nitrogens is 1. The Morgan fingerprint density at radius 1 is 1.17 bits per heavy atom. The van der Waals surface area contributed by atoms with Gasteiger partial charge in [-0.05, 0) is 49.7 Å². The molecular formula is C21H22N4O4S. The molecule has 0 spiro atoms. The van der Waals surface area contributed by atoms with Crippen LogP contribution in [0.25, 0.3) is 0 Å². The second-order valence-corrected chi connectivity index (χ2v) is 7.16. The molecule has 156 valence electrons. The van der Waals surface area contributed by atoms with E-state index in [2.05, 4.69) is 21.0 Å². The van der Waals surface area contributed by atoms with Crippen LogP contribution in [0.1, 0.15) is 16.8 Å². The van der Waals surface area contributed by atoms with E-state index in [9.17, 15) is 4.79 Å². The summed E-state index contributed by atoms with van der Waals surface area (Å²) in [5.74, 6) is 0.333. The highest BCUT2D eigenvalue weighted by Gasteiger charge is 2.10. The van der Waals surface area contributed by atoms with Crippen LogP contribution in [0.4, 0.5) is 10.8 Å². The second kappa shape index (κ2) is 10.3. The number of hydrogen-bond donors (Lipinski definition) is 2. The summed E-state index contributed by atoms with van der Waals surface area (Å²) in [6, 6.07) is 12.7. The molecule has 2 aromatic carbocycles. The van der Waals surface area contributed by atoms with Gasteiger partial charge in [0.2, 0.25) is 5.13 Å². The summed E-state index contributed by atoms with van der Waals surface area (Å²) < 4.78 is 10.9. The highest BCUT2D eigenvalue weighted by Crippen LogP contribution is 2.27. The molecule has 0 unspecified atom stereocenters. The van der Waals surface area contributed by atoms with Crippen molar-refractivity contribution < 1.29 is 19.1 Å². The Morgan fingerprint density at radius 2 is 1.97 bits per heavy atom. The molecule has 0 bridgehead atoms. The third-order valence-corrected chi connectivity index (χ3v) is 4.73. The van der Waals surface area contributed by atoms with Crippen LogP contribution >= 0.6 is 11.3 Å². The third-order valence-electron chi connectivity index (χ3n) is 3.86. The first kappa shape index (κ1) is 21.1. The van der Waals surface area contributed by atoms with Gasteiger partial charge in [0.15, 0.2) is 18.1 Å². The number of aryl methyl sites for hydroxylation is 2. The third kappa shape index (κ3) is 6.21. The molecule has 0 saturated carbocycles. The normalized spacial score (nSPS) is 10.6. The fourth-order valence-electron chi connectivity index (χ4n) is 2.35. The first-order valence-corrected chi connectivity index (χ1v) is 9.96. The number of rotatable bonds is 9. The first-order chi connectivity index (χ1) is 14.5. The van der Waals surface area contributed by atoms with Crippen molar-refractivity contribution in [3.8, 4) is 11.5 Å². The van der Waals surface area contributed by atoms with Gasteiger partial charge in [-0.3, -0.25) is 5.43 Å². The zero-order valence-corrected chi connectivity index (χ0v) is 17.7. The van der Waals surface area contributed by atoms with Gasteiger partial charge < -0.3 is 14.3 Å². The van der Waals surface area contributed by atoms with E-state index in [0.29, 0.717) is 22.3 Å². The van der Waals surface area contributed by atoms with Crippen molar-refractivity contribution in [3.05, 3.63) is 64.7 Å². The number of carbonyl (C=O) groups excluding carboxylic acids is 1. The SMILES string of the molecule is COc1cc(C=NNc2nc(C)cs2)ccc1OCC(=O)ONc1ccc(C)cc1. The van der Waals surface area contributed by atoms with Crippen LogP contribution in [0.5, 0.6) is 11.5 Å². The summed E-state index contributed by atoms with van der Waals surface area (Å²) in [5.41, 5.74) is 8.99. The van der Waals surface area contributed by atoms with E-state index >= 15 is 0 Å². The van der Waals surface area contributed by atoms with Crippen LogP contribution < -0.4 is 20.4 Å². The number of thiazole rings is 1. The summed E-state index contributed by atoms with van der Waals surface area (Å²) in [6.07, 6.45) is 1.64. The van der Waals surface area contributed by atoms with Crippen molar-refractivity contribution in [2.24, 2.45) is 5.10 Å². The molecule has 0 amide bonds. The topological polar surface area (TPSA) is 94.1 Å². The largest absolute Gasteiger partial charge is 0.493 e. The van der Waals surface area contributed by atoms with E-state index < -0.39 is 5.97 Å². The second-order valence-electron chi connectivity index (χ2n) is 6.31. The van der Waals surface area contributed by atoms with E-state index in [-0.39, 0.29) is 6.61 Å². The van der Waals surface area contributed by atoms with E-state index in [1.54, 1.807) is 24.4 Å². The van der Waals surface area contributed by atoms with E-state index in [4.69, 9.17) is 14.3 Å². The van der Waals surface area contributed by atoms with Crippen molar-refractivity contribution in [1.29, 1.82) is 0 Å². The molecule has 30 heavy (non-hydrogen) atoms. The molecule has 1 heterocycles. The minimum absolute atomic E-state index is 0.270. The van der Waals surface area contributed by atoms with Gasteiger partial charge in [0.1, 0.15) is 0 Å². The number of methoxy groups -OCH3 is 1. The molecule has 2 N–H and O–H groups in total. The lowest BCUT2D eigenvalue weighted by Crippen LogP contribution is -2.18. The zero-order valence-electron chi connectivity index (χ0n) is 16.8. The number of nitrogens with zero attached hydrogens (tertiary/aromatic N) is 2.